The zero-order chi connectivity index (χ0) is 21.5. The van der Waals surface area contributed by atoms with E-state index in [0.717, 1.165) is 0 Å². The molecule has 154 valence electrons. The minimum absolute atomic E-state index is 0.103. The number of methoxy groups -OCH3 is 1. The Morgan fingerprint density at radius 1 is 1.20 bits per heavy atom. The molecule has 1 aliphatic rings. The van der Waals surface area contributed by atoms with Crippen molar-refractivity contribution in [2.75, 3.05) is 32.1 Å². The highest BCUT2D eigenvalue weighted by Crippen LogP contribution is 2.27. The van der Waals surface area contributed by atoms with E-state index < -0.39 is 5.92 Å². The molecule has 3 rings (SSSR count). The van der Waals surface area contributed by atoms with Gasteiger partial charge in [0, 0.05) is 37.3 Å². The molecule has 2 N–H and O–H groups in total. The molecule has 1 fully saturated rings. The predicted octanol–water partition coefficient (Wildman–Crippen LogP) is 1.58. The monoisotopic (exact) mass is 405 g/mol. The van der Waals surface area contributed by atoms with Gasteiger partial charge in [-0.05, 0) is 24.3 Å². The number of amides is 3. The Hall–Kier alpha value is -3.79. The van der Waals surface area contributed by atoms with Crippen molar-refractivity contribution in [1.29, 1.82) is 0 Å². The van der Waals surface area contributed by atoms with E-state index in [1.54, 1.807) is 61.5 Å². The molecule has 1 unspecified atom stereocenters. The Morgan fingerprint density at radius 3 is 2.77 bits per heavy atom. The number of hydrogen-bond donors (Lipinski definition) is 2. The Balaban J connectivity index is 1.59. The fourth-order valence-electron chi connectivity index (χ4n) is 3.25. The van der Waals surface area contributed by atoms with Crippen molar-refractivity contribution in [3.63, 3.8) is 0 Å². The van der Waals surface area contributed by atoms with E-state index in [4.69, 9.17) is 4.74 Å². The first-order chi connectivity index (χ1) is 14.5. The van der Waals surface area contributed by atoms with E-state index in [2.05, 4.69) is 22.5 Å². The third-order valence-corrected chi connectivity index (χ3v) is 4.83. The first kappa shape index (κ1) is 20.9. The fourth-order valence-corrected chi connectivity index (χ4v) is 3.25. The predicted molar refractivity (Wildman–Crippen MR) is 113 cm³/mol. The lowest BCUT2D eigenvalue weighted by Gasteiger charge is -2.17. The van der Waals surface area contributed by atoms with Gasteiger partial charge in [0.15, 0.2) is 0 Å². The maximum absolute atomic E-state index is 12.5. The summed E-state index contributed by atoms with van der Waals surface area (Å²) in [4.78, 5) is 38.3. The zero-order valence-electron chi connectivity index (χ0n) is 16.9. The lowest BCUT2D eigenvalue weighted by atomic mass is 10.1. The summed E-state index contributed by atoms with van der Waals surface area (Å²) in [6, 6.07) is 14.2. The van der Waals surface area contributed by atoms with E-state index in [0.29, 0.717) is 29.1 Å². The lowest BCUT2D eigenvalue weighted by Crippen LogP contribution is -2.33. The van der Waals surface area contributed by atoms with Crippen LogP contribution in [0.25, 0.3) is 0 Å². The molecule has 2 aromatic carbocycles. The van der Waals surface area contributed by atoms with Gasteiger partial charge in [-0.15, -0.1) is 0 Å². The molecule has 0 radical (unpaired) electrons. The number of benzene rings is 2. The van der Waals surface area contributed by atoms with Crippen LogP contribution in [-0.4, -0.2) is 45.0 Å². The molecule has 0 bridgehead atoms. The number of anilines is 1. The van der Waals surface area contributed by atoms with Gasteiger partial charge >= 0.3 is 0 Å². The molecule has 1 atom stereocenters. The van der Waals surface area contributed by atoms with Crippen molar-refractivity contribution < 1.29 is 19.1 Å². The molecule has 0 aromatic heterocycles. The normalized spacial score (nSPS) is 15.2. The molecule has 7 heteroatoms. The van der Waals surface area contributed by atoms with Gasteiger partial charge in [-0.1, -0.05) is 30.0 Å². The highest BCUT2D eigenvalue weighted by molar-refractivity contribution is 6.00. The maximum atomic E-state index is 12.5. The van der Waals surface area contributed by atoms with E-state index in [1.807, 2.05) is 6.07 Å². The number of carbonyl (C=O) groups excluding carboxylic acids is 3. The number of nitrogens with zero attached hydrogens (tertiary/aromatic N) is 1. The Bertz CT molecular complexity index is 1020. The topological polar surface area (TPSA) is 87.7 Å². The first-order valence-corrected chi connectivity index (χ1v) is 9.55. The van der Waals surface area contributed by atoms with Crippen molar-refractivity contribution in [3.05, 3.63) is 59.7 Å². The largest absolute Gasteiger partial charge is 0.497 e. The second-order valence-corrected chi connectivity index (χ2v) is 6.75. The summed E-state index contributed by atoms with van der Waals surface area (Å²) in [6.07, 6.45) is 0.149. The van der Waals surface area contributed by atoms with Crippen LogP contribution in [0.5, 0.6) is 5.75 Å². The van der Waals surface area contributed by atoms with Crippen LogP contribution in [0.4, 0.5) is 5.69 Å². The molecule has 0 saturated carbocycles. The Labute approximate surface area is 175 Å². The third kappa shape index (κ3) is 4.78. The standard InChI is InChI=1S/C23H23N3O4/c1-24-23(29)20-11-4-3-7-16(20)8-6-12-25-22(28)17-13-21(27)26(15-17)18-9-5-10-19(14-18)30-2/h3-5,7,9-11,14,17H,12-13,15H2,1-2H3,(H,24,29)(H,25,28). The molecule has 1 heterocycles. The summed E-state index contributed by atoms with van der Waals surface area (Å²) in [5.74, 6) is 5.45. The van der Waals surface area contributed by atoms with Crippen molar-refractivity contribution in [1.82, 2.24) is 10.6 Å². The first-order valence-electron chi connectivity index (χ1n) is 9.55. The average molecular weight is 405 g/mol. The molecule has 0 spiro atoms. The highest BCUT2D eigenvalue weighted by atomic mass is 16.5. The van der Waals surface area contributed by atoms with Gasteiger partial charge < -0.3 is 20.3 Å². The highest BCUT2D eigenvalue weighted by Gasteiger charge is 2.35. The van der Waals surface area contributed by atoms with Gasteiger partial charge in [0.2, 0.25) is 11.8 Å². The van der Waals surface area contributed by atoms with Gasteiger partial charge in [0.25, 0.3) is 5.91 Å². The molecule has 7 nitrogen and oxygen atoms in total. The third-order valence-electron chi connectivity index (χ3n) is 4.83. The number of nitrogens with one attached hydrogen (secondary N) is 2. The second-order valence-electron chi connectivity index (χ2n) is 6.75. The Morgan fingerprint density at radius 2 is 2.00 bits per heavy atom. The van der Waals surface area contributed by atoms with Crippen LogP contribution in [0, 0.1) is 17.8 Å². The summed E-state index contributed by atoms with van der Waals surface area (Å²) in [5, 5.41) is 5.33. The van der Waals surface area contributed by atoms with Crippen LogP contribution in [0.15, 0.2) is 48.5 Å². The van der Waals surface area contributed by atoms with E-state index in [1.165, 1.54) is 0 Å². The van der Waals surface area contributed by atoms with Gasteiger partial charge in [0.1, 0.15) is 5.75 Å². The Kier molecular flexibility index (Phi) is 6.71. The van der Waals surface area contributed by atoms with Crippen molar-refractivity contribution in [2.24, 2.45) is 5.92 Å². The number of rotatable bonds is 5. The van der Waals surface area contributed by atoms with E-state index in [-0.39, 0.29) is 30.7 Å². The SMILES string of the molecule is CNC(=O)c1ccccc1C#CCNC(=O)C1CC(=O)N(c2cccc(OC)c2)C1. The van der Waals surface area contributed by atoms with Crippen LogP contribution in [-0.2, 0) is 9.59 Å². The van der Waals surface area contributed by atoms with Gasteiger partial charge in [-0.2, -0.15) is 0 Å². The van der Waals surface area contributed by atoms with Crippen molar-refractivity contribution in [2.45, 2.75) is 6.42 Å². The second kappa shape index (κ2) is 9.61. The van der Waals surface area contributed by atoms with Crippen LogP contribution in [0.1, 0.15) is 22.3 Å². The molecule has 1 aliphatic heterocycles. The van der Waals surface area contributed by atoms with Crippen LogP contribution in [0.3, 0.4) is 0 Å². The van der Waals surface area contributed by atoms with E-state index >= 15 is 0 Å². The number of carbonyl (C=O) groups is 3. The van der Waals surface area contributed by atoms with Crippen molar-refractivity contribution in [3.8, 4) is 17.6 Å². The lowest BCUT2D eigenvalue weighted by molar-refractivity contribution is -0.126. The molecule has 3 amide bonds. The average Bonchev–Trinajstić information content (AvgIpc) is 3.18. The maximum Gasteiger partial charge on any atom is 0.252 e. The summed E-state index contributed by atoms with van der Waals surface area (Å²) in [6.45, 7) is 0.440. The van der Waals surface area contributed by atoms with Gasteiger partial charge in [-0.25, -0.2) is 0 Å². The summed E-state index contributed by atoms with van der Waals surface area (Å²) < 4.78 is 5.20. The molecule has 0 aliphatic carbocycles. The van der Waals surface area contributed by atoms with Crippen molar-refractivity contribution >= 4 is 23.4 Å². The molecular weight excluding hydrogens is 382 g/mol. The summed E-state index contributed by atoms with van der Waals surface area (Å²) in [7, 11) is 3.12. The smallest absolute Gasteiger partial charge is 0.252 e. The van der Waals surface area contributed by atoms with Crippen LogP contribution in [0.2, 0.25) is 0 Å². The molecule has 30 heavy (non-hydrogen) atoms. The van der Waals surface area contributed by atoms with Crippen LogP contribution >= 0.6 is 0 Å². The number of ether oxygens (including phenoxy) is 1. The summed E-state index contributed by atoms with van der Waals surface area (Å²) in [5.41, 5.74) is 1.78. The zero-order valence-corrected chi connectivity index (χ0v) is 16.9. The molecule has 2 aromatic rings. The summed E-state index contributed by atoms with van der Waals surface area (Å²) >= 11 is 0. The molecule has 1 saturated heterocycles. The minimum atomic E-state index is -0.441. The fraction of sp³-hybridized carbons (Fsp3) is 0.261. The quantitative estimate of drug-likeness (QED) is 0.740. The van der Waals surface area contributed by atoms with Gasteiger partial charge in [-0.3, -0.25) is 14.4 Å². The molecular formula is C23H23N3O4. The van der Waals surface area contributed by atoms with Gasteiger partial charge in [0.05, 0.1) is 25.1 Å². The van der Waals surface area contributed by atoms with Crippen LogP contribution < -0.4 is 20.3 Å². The van der Waals surface area contributed by atoms with E-state index in [9.17, 15) is 14.4 Å². The number of hydrogen-bond acceptors (Lipinski definition) is 4. The minimum Gasteiger partial charge on any atom is -0.497 e.